The highest BCUT2D eigenvalue weighted by Crippen LogP contribution is 2.15. The van der Waals surface area contributed by atoms with Crippen LogP contribution in [0.1, 0.15) is 30.9 Å². The first-order valence-electron chi connectivity index (χ1n) is 7.28. The third kappa shape index (κ3) is 3.81. The standard InChI is InChI=1S/C15H24N2O2S/c1-3-20(18,19)17-10-8-15(9-11-17)16-12-14-7-5-4-6-13(14)2/h4-7,15-16H,3,8-12H2,1-2H3. The average molecular weight is 296 g/mol. The van der Waals surface area contributed by atoms with E-state index in [1.807, 2.05) is 6.07 Å². The highest BCUT2D eigenvalue weighted by Gasteiger charge is 2.26. The van der Waals surface area contributed by atoms with Crippen molar-refractivity contribution in [3.8, 4) is 0 Å². The fourth-order valence-electron chi connectivity index (χ4n) is 2.58. The fourth-order valence-corrected chi connectivity index (χ4v) is 3.72. The molecule has 1 heterocycles. The molecular formula is C15H24N2O2S. The smallest absolute Gasteiger partial charge is 0.213 e. The molecule has 0 bridgehead atoms. The SMILES string of the molecule is CCS(=O)(=O)N1CCC(NCc2ccccc2C)CC1. The maximum Gasteiger partial charge on any atom is 0.213 e. The van der Waals surface area contributed by atoms with Crippen LogP contribution in [0.25, 0.3) is 0 Å². The fraction of sp³-hybridized carbons (Fsp3) is 0.600. The Bertz CT molecular complexity index is 535. The first kappa shape index (κ1) is 15.5. The summed E-state index contributed by atoms with van der Waals surface area (Å²) in [6, 6.07) is 8.78. The molecule has 0 unspecified atom stereocenters. The molecule has 0 amide bonds. The maximum absolute atomic E-state index is 11.8. The van der Waals surface area contributed by atoms with Crippen molar-refractivity contribution in [2.24, 2.45) is 0 Å². The summed E-state index contributed by atoms with van der Waals surface area (Å²) in [6.45, 7) is 5.96. The predicted molar refractivity (Wildman–Crippen MR) is 82.1 cm³/mol. The molecule has 1 aromatic rings. The van der Waals surface area contributed by atoms with E-state index in [4.69, 9.17) is 0 Å². The molecule has 0 atom stereocenters. The third-order valence-corrected chi connectivity index (χ3v) is 5.94. The minimum atomic E-state index is -3.01. The van der Waals surface area contributed by atoms with Crippen LogP contribution in [0.15, 0.2) is 24.3 Å². The molecule has 0 spiro atoms. The Balaban J connectivity index is 1.82. The van der Waals surface area contributed by atoms with Gasteiger partial charge in [-0.1, -0.05) is 24.3 Å². The number of piperidine rings is 1. The van der Waals surface area contributed by atoms with Crippen LogP contribution in [0.3, 0.4) is 0 Å². The van der Waals surface area contributed by atoms with Gasteiger partial charge in [-0.2, -0.15) is 0 Å². The third-order valence-electron chi connectivity index (χ3n) is 4.05. The molecule has 0 aliphatic carbocycles. The number of benzene rings is 1. The molecule has 4 nitrogen and oxygen atoms in total. The van der Waals surface area contributed by atoms with E-state index in [-0.39, 0.29) is 5.75 Å². The van der Waals surface area contributed by atoms with E-state index in [0.29, 0.717) is 19.1 Å². The van der Waals surface area contributed by atoms with Crippen LogP contribution in [0.4, 0.5) is 0 Å². The van der Waals surface area contributed by atoms with Gasteiger partial charge in [0.05, 0.1) is 5.75 Å². The van der Waals surface area contributed by atoms with Crippen molar-refractivity contribution in [2.75, 3.05) is 18.8 Å². The van der Waals surface area contributed by atoms with Crippen molar-refractivity contribution < 1.29 is 8.42 Å². The number of hydrogen-bond acceptors (Lipinski definition) is 3. The van der Waals surface area contributed by atoms with E-state index in [1.54, 1.807) is 11.2 Å². The molecule has 20 heavy (non-hydrogen) atoms. The molecular weight excluding hydrogens is 272 g/mol. The van der Waals surface area contributed by atoms with Crippen molar-refractivity contribution in [1.82, 2.24) is 9.62 Å². The summed E-state index contributed by atoms with van der Waals surface area (Å²) in [6.07, 6.45) is 1.79. The number of sulfonamides is 1. The number of hydrogen-bond donors (Lipinski definition) is 1. The first-order valence-corrected chi connectivity index (χ1v) is 8.89. The summed E-state index contributed by atoms with van der Waals surface area (Å²) >= 11 is 0. The van der Waals surface area contributed by atoms with E-state index in [1.165, 1.54) is 11.1 Å². The molecule has 0 saturated carbocycles. The summed E-state index contributed by atoms with van der Waals surface area (Å²) in [5, 5.41) is 3.55. The topological polar surface area (TPSA) is 49.4 Å². The molecule has 1 aromatic carbocycles. The quantitative estimate of drug-likeness (QED) is 0.903. The monoisotopic (exact) mass is 296 g/mol. The van der Waals surface area contributed by atoms with Gasteiger partial charge in [-0.15, -0.1) is 0 Å². The number of aryl methyl sites for hydroxylation is 1. The van der Waals surface area contributed by atoms with Gasteiger partial charge in [-0.3, -0.25) is 0 Å². The summed E-state index contributed by atoms with van der Waals surface area (Å²) in [4.78, 5) is 0. The lowest BCUT2D eigenvalue weighted by Crippen LogP contribution is -2.45. The van der Waals surface area contributed by atoms with Crippen molar-refractivity contribution in [3.63, 3.8) is 0 Å². The lowest BCUT2D eigenvalue weighted by molar-refractivity contribution is 0.289. The van der Waals surface area contributed by atoms with E-state index in [2.05, 4.69) is 30.4 Å². The Morgan fingerprint density at radius 1 is 1.25 bits per heavy atom. The summed E-state index contributed by atoms with van der Waals surface area (Å²) in [5.41, 5.74) is 2.61. The van der Waals surface area contributed by atoms with Gasteiger partial charge in [0.1, 0.15) is 0 Å². The highest BCUT2D eigenvalue weighted by atomic mass is 32.2. The molecule has 1 aliphatic heterocycles. The lowest BCUT2D eigenvalue weighted by Gasteiger charge is -2.31. The number of nitrogens with zero attached hydrogens (tertiary/aromatic N) is 1. The highest BCUT2D eigenvalue weighted by molar-refractivity contribution is 7.89. The predicted octanol–water partition coefficient (Wildman–Crippen LogP) is 1.90. The Morgan fingerprint density at radius 3 is 2.50 bits per heavy atom. The number of rotatable bonds is 5. The largest absolute Gasteiger partial charge is 0.310 e. The Kier molecular flexibility index (Phi) is 5.18. The second kappa shape index (κ2) is 6.70. The second-order valence-corrected chi connectivity index (χ2v) is 7.64. The zero-order chi connectivity index (χ0) is 14.6. The molecule has 1 saturated heterocycles. The number of nitrogens with one attached hydrogen (secondary N) is 1. The van der Waals surface area contributed by atoms with Crippen molar-refractivity contribution in [3.05, 3.63) is 35.4 Å². The van der Waals surface area contributed by atoms with Crippen LogP contribution in [0, 0.1) is 6.92 Å². The first-order chi connectivity index (χ1) is 9.53. The Labute approximate surface area is 122 Å². The molecule has 1 fully saturated rings. The van der Waals surface area contributed by atoms with Gasteiger partial charge >= 0.3 is 0 Å². The van der Waals surface area contributed by atoms with Gasteiger partial charge in [0, 0.05) is 25.7 Å². The zero-order valence-corrected chi connectivity index (χ0v) is 13.1. The van der Waals surface area contributed by atoms with Gasteiger partial charge in [-0.25, -0.2) is 12.7 Å². The Morgan fingerprint density at radius 2 is 1.90 bits per heavy atom. The van der Waals surface area contributed by atoms with Gasteiger partial charge < -0.3 is 5.32 Å². The van der Waals surface area contributed by atoms with Gasteiger partial charge in [0.25, 0.3) is 0 Å². The summed E-state index contributed by atoms with van der Waals surface area (Å²) < 4.78 is 25.2. The molecule has 1 N–H and O–H groups in total. The van der Waals surface area contributed by atoms with E-state index < -0.39 is 10.0 Å². The molecule has 2 rings (SSSR count). The minimum absolute atomic E-state index is 0.203. The van der Waals surface area contributed by atoms with Crippen LogP contribution < -0.4 is 5.32 Å². The molecule has 5 heteroatoms. The van der Waals surface area contributed by atoms with Crippen molar-refractivity contribution >= 4 is 10.0 Å². The van der Waals surface area contributed by atoms with Crippen LogP contribution in [-0.2, 0) is 16.6 Å². The summed E-state index contributed by atoms with van der Waals surface area (Å²) in [7, 11) is -3.01. The van der Waals surface area contributed by atoms with Gasteiger partial charge in [0.15, 0.2) is 0 Å². The van der Waals surface area contributed by atoms with Gasteiger partial charge in [0.2, 0.25) is 10.0 Å². The maximum atomic E-state index is 11.8. The second-order valence-electron chi connectivity index (χ2n) is 5.38. The Hall–Kier alpha value is -0.910. The van der Waals surface area contributed by atoms with E-state index in [9.17, 15) is 8.42 Å². The normalized spacial score (nSPS) is 18.3. The van der Waals surface area contributed by atoms with Gasteiger partial charge in [-0.05, 0) is 37.8 Å². The molecule has 0 aromatic heterocycles. The lowest BCUT2D eigenvalue weighted by atomic mass is 10.0. The summed E-state index contributed by atoms with van der Waals surface area (Å²) in [5.74, 6) is 0.203. The molecule has 0 radical (unpaired) electrons. The van der Waals surface area contributed by atoms with E-state index in [0.717, 1.165) is 19.4 Å². The van der Waals surface area contributed by atoms with Crippen molar-refractivity contribution in [2.45, 2.75) is 39.3 Å². The van der Waals surface area contributed by atoms with Crippen LogP contribution in [0.5, 0.6) is 0 Å². The molecule has 112 valence electrons. The minimum Gasteiger partial charge on any atom is -0.310 e. The average Bonchev–Trinajstić information content (AvgIpc) is 2.47. The van der Waals surface area contributed by atoms with Crippen LogP contribution in [0.2, 0.25) is 0 Å². The van der Waals surface area contributed by atoms with Crippen LogP contribution in [-0.4, -0.2) is 37.6 Å². The van der Waals surface area contributed by atoms with Crippen LogP contribution >= 0.6 is 0 Å². The molecule has 1 aliphatic rings. The van der Waals surface area contributed by atoms with Crippen molar-refractivity contribution in [1.29, 1.82) is 0 Å². The van der Waals surface area contributed by atoms with E-state index >= 15 is 0 Å². The zero-order valence-electron chi connectivity index (χ0n) is 12.3.